The van der Waals surface area contributed by atoms with Crippen LogP contribution in [0.3, 0.4) is 0 Å². The quantitative estimate of drug-likeness (QED) is 0.751. The summed E-state index contributed by atoms with van der Waals surface area (Å²) in [6.07, 6.45) is 0. The molecule has 0 aliphatic rings. The van der Waals surface area contributed by atoms with Crippen molar-refractivity contribution in [3.05, 3.63) is 56.2 Å². The maximum absolute atomic E-state index is 11.9. The van der Waals surface area contributed by atoms with Gasteiger partial charge in [-0.3, -0.25) is 4.79 Å². The van der Waals surface area contributed by atoms with Gasteiger partial charge in [0.25, 0.3) is 5.91 Å². The Kier molecular flexibility index (Phi) is 5.28. The Balaban J connectivity index is 1.96. The van der Waals surface area contributed by atoms with Gasteiger partial charge in [0.1, 0.15) is 4.34 Å². The van der Waals surface area contributed by atoms with Gasteiger partial charge in [0, 0.05) is 6.54 Å². The first kappa shape index (κ1) is 14.9. The van der Waals surface area contributed by atoms with E-state index in [1.807, 2.05) is 30.3 Å². The van der Waals surface area contributed by atoms with Crippen molar-refractivity contribution >= 4 is 56.4 Å². The molecule has 0 bridgehead atoms. The summed E-state index contributed by atoms with van der Waals surface area (Å²) < 4.78 is 0.918. The molecule has 0 fully saturated rings. The summed E-state index contributed by atoms with van der Waals surface area (Å²) in [4.78, 5) is 12.0. The molecule has 0 aliphatic heterocycles. The summed E-state index contributed by atoms with van der Waals surface area (Å²) in [7, 11) is 0. The number of hydrogen-bond acceptors (Lipinski definition) is 2. The van der Waals surface area contributed by atoms with Crippen molar-refractivity contribution in [2.45, 2.75) is 4.83 Å². The summed E-state index contributed by atoms with van der Waals surface area (Å²) >= 11 is 16.5. The van der Waals surface area contributed by atoms with Crippen LogP contribution in [0.2, 0.25) is 8.67 Å². The van der Waals surface area contributed by atoms with E-state index in [0.29, 0.717) is 20.8 Å². The average Bonchev–Trinajstić information content (AvgIpc) is 2.75. The van der Waals surface area contributed by atoms with Crippen molar-refractivity contribution in [2.75, 3.05) is 6.54 Å². The fourth-order valence-electron chi connectivity index (χ4n) is 1.55. The smallest absolute Gasteiger partial charge is 0.253 e. The van der Waals surface area contributed by atoms with Crippen molar-refractivity contribution in [3.8, 4) is 0 Å². The van der Waals surface area contributed by atoms with Gasteiger partial charge in [-0.1, -0.05) is 69.5 Å². The van der Waals surface area contributed by atoms with Crippen LogP contribution in [-0.2, 0) is 0 Å². The number of carbonyl (C=O) groups excluding carboxylic acids is 1. The molecule has 1 unspecified atom stereocenters. The first-order valence-electron chi connectivity index (χ1n) is 5.50. The Hall–Kier alpha value is -0.550. The molecular formula is C13H10BrCl2NOS. The molecule has 1 N–H and O–H groups in total. The van der Waals surface area contributed by atoms with Gasteiger partial charge in [-0.2, -0.15) is 0 Å². The molecule has 1 aromatic carbocycles. The fraction of sp³-hybridized carbons (Fsp3) is 0.154. The molecule has 0 saturated heterocycles. The van der Waals surface area contributed by atoms with Gasteiger partial charge in [0.2, 0.25) is 0 Å². The van der Waals surface area contributed by atoms with Crippen LogP contribution in [-0.4, -0.2) is 12.5 Å². The van der Waals surface area contributed by atoms with Gasteiger partial charge in [-0.05, 0) is 11.6 Å². The second-order valence-electron chi connectivity index (χ2n) is 3.83. The Morgan fingerprint density at radius 1 is 1.32 bits per heavy atom. The highest BCUT2D eigenvalue weighted by Crippen LogP contribution is 2.31. The van der Waals surface area contributed by atoms with Crippen LogP contribution in [0.4, 0.5) is 0 Å². The van der Waals surface area contributed by atoms with Gasteiger partial charge < -0.3 is 5.32 Å². The minimum absolute atomic E-state index is 0.0607. The van der Waals surface area contributed by atoms with E-state index in [1.165, 1.54) is 11.3 Å². The van der Waals surface area contributed by atoms with Crippen molar-refractivity contribution in [1.29, 1.82) is 0 Å². The molecule has 100 valence electrons. The number of benzene rings is 1. The predicted molar refractivity (Wildman–Crippen MR) is 84.8 cm³/mol. The van der Waals surface area contributed by atoms with Crippen LogP contribution < -0.4 is 5.32 Å². The molecule has 2 nitrogen and oxygen atoms in total. The molecule has 0 radical (unpaired) electrons. The maximum atomic E-state index is 11.9. The summed E-state index contributed by atoms with van der Waals surface area (Å²) in [5.74, 6) is -0.214. The average molecular weight is 379 g/mol. The van der Waals surface area contributed by atoms with E-state index < -0.39 is 0 Å². The van der Waals surface area contributed by atoms with Gasteiger partial charge in [-0.15, -0.1) is 11.3 Å². The van der Waals surface area contributed by atoms with Crippen molar-refractivity contribution in [1.82, 2.24) is 5.32 Å². The monoisotopic (exact) mass is 377 g/mol. The van der Waals surface area contributed by atoms with E-state index in [0.717, 1.165) is 5.56 Å². The second kappa shape index (κ2) is 6.75. The number of halogens is 3. The Labute approximate surface area is 133 Å². The predicted octanol–water partition coefficient (Wildman–Crippen LogP) is 4.92. The molecule has 2 aromatic rings. The Morgan fingerprint density at radius 3 is 2.58 bits per heavy atom. The van der Waals surface area contributed by atoms with Crippen molar-refractivity contribution in [3.63, 3.8) is 0 Å². The zero-order chi connectivity index (χ0) is 13.8. The molecule has 6 heteroatoms. The van der Waals surface area contributed by atoms with Gasteiger partial charge in [0.05, 0.1) is 14.7 Å². The van der Waals surface area contributed by atoms with E-state index in [9.17, 15) is 4.79 Å². The molecular weight excluding hydrogens is 369 g/mol. The van der Waals surface area contributed by atoms with E-state index in [-0.39, 0.29) is 10.7 Å². The van der Waals surface area contributed by atoms with Gasteiger partial charge in [0.15, 0.2) is 0 Å². The zero-order valence-electron chi connectivity index (χ0n) is 9.70. The first-order valence-corrected chi connectivity index (χ1v) is 7.99. The molecule has 1 amide bonds. The lowest BCUT2D eigenvalue weighted by molar-refractivity contribution is 0.0954. The van der Waals surface area contributed by atoms with Crippen LogP contribution in [0.15, 0.2) is 36.4 Å². The van der Waals surface area contributed by atoms with Crippen LogP contribution in [0.5, 0.6) is 0 Å². The summed E-state index contributed by atoms with van der Waals surface area (Å²) in [5.41, 5.74) is 1.53. The van der Waals surface area contributed by atoms with Crippen molar-refractivity contribution < 1.29 is 4.79 Å². The number of carbonyl (C=O) groups is 1. The first-order chi connectivity index (χ1) is 9.08. The highest BCUT2D eigenvalue weighted by atomic mass is 79.9. The Bertz CT molecular complexity index is 573. The SMILES string of the molecule is O=C(NCC(Br)c1ccccc1)c1cc(Cl)sc1Cl. The van der Waals surface area contributed by atoms with Crippen LogP contribution in [0, 0.1) is 0 Å². The molecule has 0 spiro atoms. The third-order valence-electron chi connectivity index (χ3n) is 2.50. The standard InChI is InChI=1S/C13H10BrCl2NOS/c14-10(8-4-2-1-3-5-8)7-17-13(18)9-6-11(15)19-12(9)16/h1-6,10H,7H2,(H,17,18). The molecule has 19 heavy (non-hydrogen) atoms. The van der Waals surface area contributed by atoms with Gasteiger partial charge >= 0.3 is 0 Å². The lowest BCUT2D eigenvalue weighted by Gasteiger charge is -2.11. The fourth-order valence-corrected chi connectivity index (χ4v) is 3.48. The van der Waals surface area contributed by atoms with Crippen LogP contribution in [0.25, 0.3) is 0 Å². The van der Waals surface area contributed by atoms with Crippen LogP contribution >= 0.6 is 50.5 Å². The largest absolute Gasteiger partial charge is 0.350 e. The van der Waals surface area contributed by atoms with E-state index in [4.69, 9.17) is 23.2 Å². The minimum atomic E-state index is -0.214. The summed E-state index contributed by atoms with van der Waals surface area (Å²) in [5, 5.41) is 2.83. The topological polar surface area (TPSA) is 29.1 Å². The zero-order valence-corrected chi connectivity index (χ0v) is 13.6. The third-order valence-corrected chi connectivity index (χ3v) is 4.84. The normalized spacial score (nSPS) is 12.2. The maximum Gasteiger partial charge on any atom is 0.253 e. The molecule has 1 heterocycles. The van der Waals surface area contributed by atoms with E-state index in [1.54, 1.807) is 6.07 Å². The lowest BCUT2D eigenvalue weighted by atomic mass is 10.1. The highest BCUT2D eigenvalue weighted by molar-refractivity contribution is 9.09. The number of thiophene rings is 1. The summed E-state index contributed by atoms with van der Waals surface area (Å²) in [6.45, 7) is 0.479. The minimum Gasteiger partial charge on any atom is -0.350 e. The molecule has 0 aliphatic carbocycles. The van der Waals surface area contributed by atoms with E-state index in [2.05, 4.69) is 21.2 Å². The van der Waals surface area contributed by atoms with Crippen LogP contribution in [0.1, 0.15) is 20.7 Å². The number of rotatable bonds is 4. The molecule has 2 rings (SSSR count). The lowest BCUT2D eigenvalue weighted by Crippen LogP contribution is -2.26. The number of hydrogen-bond donors (Lipinski definition) is 1. The Morgan fingerprint density at radius 2 is 2.00 bits per heavy atom. The summed E-state index contributed by atoms with van der Waals surface area (Å²) in [6, 6.07) is 11.5. The number of nitrogens with one attached hydrogen (secondary N) is 1. The number of alkyl halides is 1. The van der Waals surface area contributed by atoms with E-state index >= 15 is 0 Å². The highest BCUT2D eigenvalue weighted by Gasteiger charge is 2.15. The molecule has 1 atom stereocenters. The van der Waals surface area contributed by atoms with Crippen molar-refractivity contribution in [2.24, 2.45) is 0 Å². The molecule has 0 saturated carbocycles. The molecule has 1 aromatic heterocycles. The third kappa shape index (κ3) is 3.96. The second-order valence-corrected chi connectivity index (χ2v) is 7.22. The van der Waals surface area contributed by atoms with Gasteiger partial charge in [-0.25, -0.2) is 0 Å². The number of amides is 1.